The average molecular weight is 286 g/mol. The quantitative estimate of drug-likeness (QED) is 0.636. The maximum atomic E-state index is 12.2. The van der Waals surface area contributed by atoms with Gasteiger partial charge < -0.3 is 10.0 Å². The summed E-state index contributed by atoms with van der Waals surface area (Å²) >= 11 is 0.877. The van der Waals surface area contributed by atoms with Crippen molar-refractivity contribution in [1.82, 2.24) is 4.90 Å². The molecule has 19 heavy (non-hydrogen) atoms. The van der Waals surface area contributed by atoms with E-state index in [1.165, 1.54) is 16.3 Å². The number of carboxylic acid groups (broad SMARTS) is 1. The SMILES string of the molecule is CC(C)N(CCC(=O)O)C(=O)c1csc([N+](=O)[O-])c1. The van der Waals surface area contributed by atoms with Crippen LogP contribution in [-0.2, 0) is 4.79 Å². The third-order valence-electron chi connectivity index (χ3n) is 2.46. The molecular formula is C11H14N2O5S. The zero-order chi connectivity index (χ0) is 14.6. The fourth-order valence-corrected chi connectivity index (χ4v) is 2.21. The van der Waals surface area contributed by atoms with Crippen LogP contribution in [0.4, 0.5) is 5.00 Å². The van der Waals surface area contributed by atoms with Crippen molar-refractivity contribution in [3.8, 4) is 0 Å². The summed E-state index contributed by atoms with van der Waals surface area (Å²) in [5.41, 5.74) is 0.218. The summed E-state index contributed by atoms with van der Waals surface area (Å²) in [6.07, 6.45) is -0.157. The molecule has 0 aliphatic carbocycles. The Labute approximate surface area is 113 Å². The molecule has 7 nitrogen and oxygen atoms in total. The first-order valence-electron chi connectivity index (χ1n) is 5.58. The molecule has 0 atom stereocenters. The lowest BCUT2D eigenvalue weighted by Gasteiger charge is -2.25. The van der Waals surface area contributed by atoms with E-state index in [1.54, 1.807) is 13.8 Å². The number of carbonyl (C=O) groups is 2. The standard InChI is InChI=1S/C11H14N2O5S/c1-7(2)12(4-3-10(14)15)11(16)8-5-9(13(17)18)19-6-8/h5-7H,3-4H2,1-2H3,(H,14,15). The Morgan fingerprint density at radius 3 is 2.58 bits per heavy atom. The van der Waals surface area contributed by atoms with Gasteiger partial charge in [-0.05, 0) is 13.8 Å². The minimum atomic E-state index is -0.991. The lowest BCUT2D eigenvalue weighted by Crippen LogP contribution is -2.38. The molecule has 0 spiro atoms. The summed E-state index contributed by atoms with van der Waals surface area (Å²) in [6.45, 7) is 3.61. The number of aliphatic carboxylic acids is 1. The molecule has 1 heterocycles. The zero-order valence-electron chi connectivity index (χ0n) is 10.5. The van der Waals surface area contributed by atoms with Gasteiger partial charge in [-0.25, -0.2) is 0 Å². The van der Waals surface area contributed by atoms with Gasteiger partial charge in [-0.3, -0.25) is 19.7 Å². The van der Waals surface area contributed by atoms with Gasteiger partial charge in [-0.2, -0.15) is 0 Å². The highest BCUT2D eigenvalue weighted by atomic mass is 32.1. The lowest BCUT2D eigenvalue weighted by atomic mass is 10.2. The second-order valence-electron chi connectivity index (χ2n) is 4.17. The summed E-state index contributed by atoms with van der Waals surface area (Å²) in [5, 5.41) is 20.5. The van der Waals surface area contributed by atoms with E-state index in [0.717, 1.165) is 11.3 Å². The molecule has 0 saturated carbocycles. The maximum Gasteiger partial charge on any atom is 0.324 e. The molecular weight excluding hydrogens is 272 g/mol. The van der Waals surface area contributed by atoms with Crippen LogP contribution in [-0.4, -0.2) is 39.4 Å². The van der Waals surface area contributed by atoms with E-state index in [9.17, 15) is 19.7 Å². The van der Waals surface area contributed by atoms with Gasteiger partial charge in [0.05, 0.1) is 16.9 Å². The van der Waals surface area contributed by atoms with Gasteiger partial charge in [-0.1, -0.05) is 11.3 Å². The Bertz CT molecular complexity index is 497. The molecule has 1 rings (SSSR count). The molecule has 1 aromatic heterocycles. The van der Waals surface area contributed by atoms with Crippen molar-refractivity contribution in [2.75, 3.05) is 6.54 Å². The third-order valence-corrected chi connectivity index (χ3v) is 3.34. The second-order valence-corrected chi connectivity index (χ2v) is 5.06. The topological polar surface area (TPSA) is 101 Å². The Morgan fingerprint density at radius 2 is 2.16 bits per heavy atom. The van der Waals surface area contributed by atoms with Crippen molar-refractivity contribution >= 4 is 28.2 Å². The Kier molecular flexibility index (Phi) is 4.99. The molecule has 0 fully saturated rings. The van der Waals surface area contributed by atoms with Gasteiger partial charge in [0, 0.05) is 24.0 Å². The highest BCUT2D eigenvalue weighted by molar-refractivity contribution is 7.13. The largest absolute Gasteiger partial charge is 0.481 e. The summed E-state index contributed by atoms with van der Waals surface area (Å²) in [5.74, 6) is -1.38. The molecule has 0 bridgehead atoms. The van der Waals surface area contributed by atoms with Crippen molar-refractivity contribution in [2.24, 2.45) is 0 Å². The van der Waals surface area contributed by atoms with Crippen LogP contribution in [0.2, 0.25) is 0 Å². The van der Waals surface area contributed by atoms with E-state index in [4.69, 9.17) is 5.11 Å². The van der Waals surface area contributed by atoms with E-state index >= 15 is 0 Å². The van der Waals surface area contributed by atoms with Crippen LogP contribution in [0.1, 0.15) is 30.6 Å². The summed E-state index contributed by atoms with van der Waals surface area (Å²) in [4.78, 5) is 34.1. The van der Waals surface area contributed by atoms with Crippen molar-refractivity contribution in [3.63, 3.8) is 0 Å². The van der Waals surface area contributed by atoms with Crippen molar-refractivity contribution in [1.29, 1.82) is 0 Å². The maximum absolute atomic E-state index is 12.2. The van der Waals surface area contributed by atoms with Crippen molar-refractivity contribution in [3.05, 3.63) is 27.1 Å². The first-order valence-corrected chi connectivity index (χ1v) is 6.46. The van der Waals surface area contributed by atoms with E-state index < -0.39 is 10.9 Å². The fourth-order valence-electron chi connectivity index (χ4n) is 1.51. The van der Waals surface area contributed by atoms with E-state index in [2.05, 4.69) is 0 Å². The molecule has 8 heteroatoms. The number of rotatable bonds is 6. The molecule has 1 aromatic rings. The van der Waals surface area contributed by atoms with Crippen LogP contribution in [0, 0.1) is 10.1 Å². The van der Waals surface area contributed by atoms with E-state index in [0.29, 0.717) is 0 Å². The van der Waals surface area contributed by atoms with Gasteiger partial charge in [0.2, 0.25) is 0 Å². The highest BCUT2D eigenvalue weighted by Crippen LogP contribution is 2.24. The molecule has 1 N–H and O–H groups in total. The molecule has 0 unspecified atom stereocenters. The van der Waals surface area contributed by atoms with Crippen LogP contribution < -0.4 is 0 Å². The molecule has 0 radical (unpaired) electrons. The Hall–Kier alpha value is -1.96. The first kappa shape index (κ1) is 15.1. The zero-order valence-corrected chi connectivity index (χ0v) is 11.3. The minimum absolute atomic E-state index is 0.0788. The molecule has 104 valence electrons. The van der Waals surface area contributed by atoms with Crippen LogP contribution in [0.5, 0.6) is 0 Å². The van der Waals surface area contributed by atoms with Gasteiger partial charge in [0.15, 0.2) is 0 Å². The normalized spacial score (nSPS) is 10.5. The number of carbonyl (C=O) groups excluding carboxylic acids is 1. The fraction of sp³-hybridized carbons (Fsp3) is 0.455. The number of hydrogen-bond acceptors (Lipinski definition) is 5. The lowest BCUT2D eigenvalue weighted by molar-refractivity contribution is -0.380. The van der Waals surface area contributed by atoms with E-state index in [-0.39, 0.29) is 35.5 Å². The number of carboxylic acids is 1. The summed E-state index contributed by atoms with van der Waals surface area (Å²) in [7, 11) is 0. The predicted octanol–water partition coefficient (Wildman–Crippen LogP) is 1.98. The minimum Gasteiger partial charge on any atom is -0.481 e. The molecule has 0 saturated heterocycles. The third kappa shape index (κ3) is 4.02. The van der Waals surface area contributed by atoms with Crippen LogP contribution >= 0.6 is 11.3 Å². The van der Waals surface area contributed by atoms with Gasteiger partial charge >= 0.3 is 11.0 Å². The van der Waals surface area contributed by atoms with E-state index in [1.807, 2.05) is 0 Å². The van der Waals surface area contributed by atoms with Gasteiger partial charge in [0.25, 0.3) is 5.91 Å². The van der Waals surface area contributed by atoms with Crippen LogP contribution in [0.25, 0.3) is 0 Å². The van der Waals surface area contributed by atoms with Gasteiger partial charge in [-0.15, -0.1) is 0 Å². The smallest absolute Gasteiger partial charge is 0.324 e. The summed E-state index contributed by atoms with van der Waals surface area (Å²) in [6, 6.07) is 1.04. The number of thiophene rings is 1. The number of hydrogen-bond donors (Lipinski definition) is 1. The highest BCUT2D eigenvalue weighted by Gasteiger charge is 2.22. The van der Waals surface area contributed by atoms with Gasteiger partial charge in [0.1, 0.15) is 0 Å². The summed E-state index contributed by atoms with van der Waals surface area (Å²) < 4.78 is 0. The second kappa shape index (κ2) is 6.28. The molecule has 0 aliphatic rings. The molecule has 0 aliphatic heterocycles. The predicted molar refractivity (Wildman–Crippen MR) is 69.4 cm³/mol. The molecule has 1 amide bonds. The number of nitro groups is 1. The van der Waals surface area contributed by atoms with Crippen molar-refractivity contribution in [2.45, 2.75) is 26.3 Å². The molecule has 0 aromatic carbocycles. The van der Waals surface area contributed by atoms with Crippen molar-refractivity contribution < 1.29 is 19.6 Å². The van der Waals surface area contributed by atoms with Crippen LogP contribution in [0.15, 0.2) is 11.4 Å². The van der Waals surface area contributed by atoms with Crippen LogP contribution in [0.3, 0.4) is 0 Å². The Morgan fingerprint density at radius 1 is 1.53 bits per heavy atom. The number of nitrogens with zero attached hydrogens (tertiary/aromatic N) is 2. The first-order chi connectivity index (χ1) is 8.82. The average Bonchev–Trinajstić information content (AvgIpc) is 2.77. The number of amides is 1. The Balaban J connectivity index is 2.86. The monoisotopic (exact) mass is 286 g/mol.